The average molecular weight is 330 g/mol. The summed E-state index contributed by atoms with van der Waals surface area (Å²) in [5.74, 6) is 0.655. The van der Waals surface area contributed by atoms with Crippen LogP contribution in [-0.4, -0.2) is 52.9 Å². The Labute approximate surface area is 143 Å². The number of amides is 2. The topological polar surface area (TPSA) is 60.9 Å². The molecule has 5 heteroatoms. The monoisotopic (exact) mass is 330 g/mol. The molecule has 0 radical (unpaired) electrons. The van der Waals surface area contributed by atoms with Crippen molar-refractivity contribution in [2.45, 2.75) is 39.0 Å². The highest BCUT2D eigenvalue weighted by atomic mass is 16.3. The molecule has 2 aliphatic rings. The van der Waals surface area contributed by atoms with Crippen molar-refractivity contribution in [3.63, 3.8) is 0 Å². The van der Waals surface area contributed by atoms with Crippen molar-refractivity contribution in [3.05, 3.63) is 29.8 Å². The molecule has 1 aromatic carbocycles. The van der Waals surface area contributed by atoms with Crippen molar-refractivity contribution in [2.24, 2.45) is 5.41 Å². The lowest BCUT2D eigenvalue weighted by Crippen LogP contribution is -2.40. The molecular formula is C19H26N2O3. The normalized spacial score (nSPS) is 19.7. The number of hydrogen-bond donors (Lipinski definition) is 1. The zero-order valence-electron chi connectivity index (χ0n) is 14.3. The first-order chi connectivity index (χ1) is 11.5. The molecule has 1 saturated heterocycles. The first kappa shape index (κ1) is 16.8. The van der Waals surface area contributed by atoms with Gasteiger partial charge >= 0.3 is 0 Å². The number of carbonyl (C=O) groups excluding carboxylic acids is 2. The number of rotatable bonds is 4. The van der Waals surface area contributed by atoms with E-state index in [1.165, 1.54) is 0 Å². The molecule has 0 atom stereocenters. The van der Waals surface area contributed by atoms with Gasteiger partial charge in [0.05, 0.1) is 0 Å². The molecule has 130 valence electrons. The van der Waals surface area contributed by atoms with E-state index in [-0.39, 0.29) is 23.0 Å². The van der Waals surface area contributed by atoms with E-state index < -0.39 is 0 Å². The van der Waals surface area contributed by atoms with Crippen LogP contribution in [0, 0.1) is 5.41 Å². The molecule has 5 nitrogen and oxygen atoms in total. The maximum atomic E-state index is 12.5. The molecule has 1 heterocycles. The van der Waals surface area contributed by atoms with Crippen molar-refractivity contribution < 1.29 is 14.7 Å². The second-order valence-corrected chi connectivity index (χ2v) is 7.25. The van der Waals surface area contributed by atoms with E-state index in [1.54, 1.807) is 12.1 Å². The van der Waals surface area contributed by atoms with E-state index in [2.05, 4.69) is 0 Å². The zero-order valence-corrected chi connectivity index (χ0v) is 14.3. The van der Waals surface area contributed by atoms with Crippen LogP contribution in [0.3, 0.4) is 0 Å². The smallest absolute Gasteiger partial charge is 0.228 e. The van der Waals surface area contributed by atoms with Gasteiger partial charge in [0.15, 0.2) is 0 Å². The summed E-state index contributed by atoms with van der Waals surface area (Å²) in [7, 11) is 0. The van der Waals surface area contributed by atoms with Crippen molar-refractivity contribution in [1.82, 2.24) is 9.80 Å². The Balaban J connectivity index is 1.49. The third-order valence-electron chi connectivity index (χ3n) is 5.22. The Hall–Kier alpha value is -2.04. The largest absolute Gasteiger partial charge is 0.508 e. The fourth-order valence-corrected chi connectivity index (χ4v) is 3.23. The van der Waals surface area contributed by atoms with Crippen LogP contribution in [0.4, 0.5) is 0 Å². The van der Waals surface area contributed by atoms with Gasteiger partial charge in [0.2, 0.25) is 11.8 Å². The van der Waals surface area contributed by atoms with Crippen LogP contribution < -0.4 is 0 Å². The van der Waals surface area contributed by atoms with E-state index in [9.17, 15) is 14.7 Å². The molecule has 0 unspecified atom stereocenters. The second kappa shape index (κ2) is 6.83. The number of nitrogens with zero attached hydrogens (tertiary/aromatic N) is 2. The van der Waals surface area contributed by atoms with Gasteiger partial charge in [-0.05, 0) is 43.4 Å². The molecular weight excluding hydrogens is 304 g/mol. The zero-order chi connectivity index (χ0) is 17.2. The third kappa shape index (κ3) is 3.89. The highest BCUT2D eigenvalue weighted by molar-refractivity contribution is 5.85. The minimum atomic E-state index is -0.127. The summed E-state index contributed by atoms with van der Waals surface area (Å²) in [6.07, 6.45) is 3.99. The van der Waals surface area contributed by atoms with Crippen molar-refractivity contribution in [2.75, 3.05) is 26.2 Å². The fraction of sp³-hybridized carbons (Fsp3) is 0.579. The van der Waals surface area contributed by atoms with Gasteiger partial charge in [-0.3, -0.25) is 9.59 Å². The van der Waals surface area contributed by atoms with Crippen LogP contribution in [0.15, 0.2) is 24.3 Å². The predicted octanol–water partition coefficient (Wildman–Crippen LogP) is 2.19. The molecule has 1 aromatic rings. The molecule has 1 saturated carbocycles. The molecule has 0 aromatic heterocycles. The molecule has 2 fully saturated rings. The fourth-order valence-electron chi connectivity index (χ4n) is 3.23. The first-order valence-corrected chi connectivity index (χ1v) is 8.83. The van der Waals surface area contributed by atoms with Gasteiger partial charge < -0.3 is 14.9 Å². The van der Waals surface area contributed by atoms with Crippen LogP contribution in [0.25, 0.3) is 0 Å². The lowest BCUT2D eigenvalue weighted by Gasteiger charge is -2.24. The lowest BCUT2D eigenvalue weighted by molar-refractivity contribution is -0.137. The van der Waals surface area contributed by atoms with Crippen LogP contribution in [0.5, 0.6) is 5.75 Å². The van der Waals surface area contributed by atoms with E-state index in [0.717, 1.165) is 37.9 Å². The van der Waals surface area contributed by atoms with Gasteiger partial charge in [-0.15, -0.1) is 0 Å². The molecule has 24 heavy (non-hydrogen) atoms. The van der Waals surface area contributed by atoms with Gasteiger partial charge in [-0.2, -0.15) is 0 Å². The Kier molecular flexibility index (Phi) is 4.78. The highest BCUT2D eigenvalue weighted by Gasteiger charge is 2.47. The Bertz CT molecular complexity index is 608. The summed E-state index contributed by atoms with van der Waals surface area (Å²) < 4.78 is 0. The van der Waals surface area contributed by atoms with Gasteiger partial charge in [0.1, 0.15) is 5.75 Å². The number of phenols is 1. The summed E-state index contributed by atoms with van der Waals surface area (Å²) in [5.41, 5.74) is 0.923. The average Bonchev–Trinajstić information content (AvgIpc) is 3.36. The van der Waals surface area contributed by atoms with Gasteiger partial charge in [0, 0.05) is 38.0 Å². The number of carbonyl (C=O) groups is 2. The number of benzene rings is 1. The number of aryl methyl sites for hydroxylation is 1. The third-order valence-corrected chi connectivity index (χ3v) is 5.22. The summed E-state index contributed by atoms with van der Waals surface area (Å²) in [6.45, 7) is 4.82. The lowest BCUT2D eigenvalue weighted by atomic mass is 10.1. The second-order valence-electron chi connectivity index (χ2n) is 7.25. The summed E-state index contributed by atoms with van der Waals surface area (Å²) in [6, 6.07) is 6.99. The summed E-state index contributed by atoms with van der Waals surface area (Å²) >= 11 is 0. The first-order valence-electron chi connectivity index (χ1n) is 8.83. The quantitative estimate of drug-likeness (QED) is 0.920. The Morgan fingerprint density at radius 2 is 1.67 bits per heavy atom. The van der Waals surface area contributed by atoms with Gasteiger partial charge in [-0.25, -0.2) is 0 Å². The molecule has 0 spiro atoms. The van der Waals surface area contributed by atoms with E-state index >= 15 is 0 Å². The Morgan fingerprint density at radius 3 is 2.33 bits per heavy atom. The van der Waals surface area contributed by atoms with Crippen molar-refractivity contribution in [1.29, 1.82) is 0 Å². The van der Waals surface area contributed by atoms with Crippen LogP contribution in [0.1, 0.15) is 38.2 Å². The van der Waals surface area contributed by atoms with Crippen molar-refractivity contribution >= 4 is 11.8 Å². The molecule has 1 aliphatic carbocycles. The minimum absolute atomic E-state index is 0.127. The minimum Gasteiger partial charge on any atom is -0.508 e. The number of hydrogen-bond acceptors (Lipinski definition) is 3. The maximum absolute atomic E-state index is 12.5. The number of aromatic hydroxyl groups is 1. The van der Waals surface area contributed by atoms with E-state index in [1.807, 2.05) is 28.9 Å². The summed E-state index contributed by atoms with van der Waals surface area (Å²) in [5, 5.41) is 9.29. The SMILES string of the molecule is CC1(C(=O)N2CCCN(C(=O)CCc3ccc(O)cc3)CC2)CC1. The standard InChI is InChI=1S/C19H26N2O3/c1-19(9-10-19)18(24)21-12-2-11-20(13-14-21)17(23)8-5-15-3-6-16(22)7-4-15/h3-4,6-7,22H,2,5,8-14H2,1H3. The maximum Gasteiger partial charge on any atom is 0.228 e. The highest BCUT2D eigenvalue weighted by Crippen LogP contribution is 2.46. The molecule has 0 bridgehead atoms. The van der Waals surface area contributed by atoms with Gasteiger partial charge in [0.25, 0.3) is 0 Å². The van der Waals surface area contributed by atoms with Gasteiger partial charge in [-0.1, -0.05) is 19.1 Å². The van der Waals surface area contributed by atoms with Crippen LogP contribution >= 0.6 is 0 Å². The van der Waals surface area contributed by atoms with E-state index in [0.29, 0.717) is 25.9 Å². The Morgan fingerprint density at radius 1 is 1.04 bits per heavy atom. The number of phenolic OH excluding ortho intramolecular Hbond substituents is 1. The van der Waals surface area contributed by atoms with Crippen LogP contribution in [0.2, 0.25) is 0 Å². The predicted molar refractivity (Wildman–Crippen MR) is 91.5 cm³/mol. The summed E-state index contributed by atoms with van der Waals surface area (Å²) in [4.78, 5) is 28.7. The van der Waals surface area contributed by atoms with E-state index in [4.69, 9.17) is 0 Å². The molecule has 1 aliphatic heterocycles. The molecule has 2 amide bonds. The molecule has 3 rings (SSSR count). The van der Waals surface area contributed by atoms with Crippen molar-refractivity contribution in [3.8, 4) is 5.75 Å². The molecule has 1 N–H and O–H groups in total. The van der Waals surface area contributed by atoms with Crippen LogP contribution in [-0.2, 0) is 16.0 Å².